The van der Waals surface area contributed by atoms with Crippen molar-refractivity contribution in [2.24, 2.45) is 5.41 Å². The summed E-state index contributed by atoms with van der Waals surface area (Å²) in [6, 6.07) is 7.94. The summed E-state index contributed by atoms with van der Waals surface area (Å²) in [5.74, 6) is 0.0617. The van der Waals surface area contributed by atoms with Crippen LogP contribution in [0.15, 0.2) is 34.9 Å². The lowest BCUT2D eigenvalue weighted by Gasteiger charge is -2.18. The van der Waals surface area contributed by atoms with Crippen molar-refractivity contribution in [2.75, 3.05) is 18.4 Å². The van der Waals surface area contributed by atoms with E-state index >= 15 is 0 Å². The van der Waals surface area contributed by atoms with Crippen LogP contribution in [-0.4, -0.2) is 24.0 Å². The van der Waals surface area contributed by atoms with Gasteiger partial charge in [-0.05, 0) is 24.3 Å². The molecule has 0 radical (unpaired) electrons. The molecule has 0 spiro atoms. The van der Waals surface area contributed by atoms with E-state index in [1.54, 1.807) is 6.20 Å². The van der Waals surface area contributed by atoms with Crippen molar-refractivity contribution >= 4 is 38.4 Å². The highest BCUT2D eigenvalue weighted by atomic mass is 79.9. The van der Waals surface area contributed by atoms with Crippen molar-refractivity contribution in [3.8, 4) is 0 Å². The smallest absolute Gasteiger partial charge is 0.225 e. The van der Waals surface area contributed by atoms with Crippen LogP contribution in [0.25, 0.3) is 10.9 Å². The molecule has 0 fully saturated rings. The topological polar surface area (TPSA) is 54.0 Å². The number of pyridine rings is 1. The van der Waals surface area contributed by atoms with Crippen LogP contribution in [-0.2, 0) is 4.79 Å². The second kappa shape index (κ2) is 6.43. The largest absolute Gasteiger partial charge is 0.383 e. The van der Waals surface area contributed by atoms with Gasteiger partial charge in [-0.1, -0.05) is 36.7 Å². The SMILES string of the molecule is CC(C)(C)C(=O)NCCNc1ccnc2ccc(Br)cc12. The highest BCUT2D eigenvalue weighted by molar-refractivity contribution is 9.10. The number of nitrogens with one attached hydrogen (secondary N) is 2. The number of aromatic nitrogens is 1. The second-order valence-electron chi connectivity index (χ2n) is 5.95. The lowest BCUT2D eigenvalue weighted by Crippen LogP contribution is -2.37. The van der Waals surface area contributed by atoms with Gasteiger partial charge in [0.25, 0.3) is 0 Å². The summed E-state index contributed by atoms with van der Waals surface area (Å²) >= 11 is 3.48. The zero-order chi connectivity index (χ0) is 15.5. The molecule has 2 rings (SSSR count). The number of hydrogen-bond acceptors (Lipinski definition) is 3. The maximum atomic E-state index is 11.8. The molecule has 0 unspecified atom stereocenters. The van der Waals surface area contributed by atoms with Crippen LogP contribution < -0.4 is 10.6 Å². The molecule has 2 N–H and O–H groups in total. The molecule has 0 aliphatic carbocycles. The van der Waals surface area contributed by atoms with Crippen LogP contribution in [0.5, 0.6) is 0 Å². The van der Waals surface area contributed by atoms with E-state index < -0.39 is 0 Å². The Labute approximate surface area is 133 Å². The molecule has 0 bridgehead atoms. The lowest BCUT2D eigenvalue weighted by molar-refractivity contribution is -0.128. The fraction of sp³-hybridized carbons (Fsp3) is 0.375. The molecular formula is C16H20BrN3O. The van der Waals surface area contributed by atoms with Crippen molar-refractivity contribution in [3.63, 3.8) is 0 Å². The van der Waals surface area contributed by atoms with Gasteiger partial charge in [-0.15, -0.1) is 0 Å². The van der Waals surface area contributed by atoms with E-state index in [9.17, 15) is 4.79 Å². The van der Waals surface area contributed by atoms with E-state index in [2.05, 4.69) is 31.5 Å². The van der Waals surface area contributed by atoms with E-state index in [0.717, 1.165) is 21.1 Å². The van der Waals surface area contributed by atoms with E-state index in [4.69, 9.17) is 0 Å². The summed E-state index contributed by atoms with van der Waals surface area (Å²) in [6.07, 6.45) is 1.78. The predicted octanol–water partition coefficient (Wildman–Crippen LogP) is 3.57. The number of anilines is 1. The number of amides is 1. The van der Waals surface area contributed by atoms with Crippen molar-refractivity contribution in [1.29, 1.82) is 0 Å². The van der Waals surface area contributed by atoms with E-state index in [1.165, 1.54) is 0 Å². The van der Waals surface area contributed by atoms with Gasteiger partial charge in [0.05, 0.1) is 5.52 Å². The van der Waals surface area contributed by atoms with Crippen molar-refractivity contribution in [2.45, 2.75) is 20.8 Å². The van der Waals surface area contributed by atoms with Gasteiger partial charge < -0.3 is 10.6 Å². The molecule has 4 nitrogen and oxygen atoms in total. The third-order valence-corrected chi connectivity index (χ3v) is 3.60. The summed E-state index contributed by atoms with van der Waals surface area (Å²) in [4.78, 5) is 16.1. The number of halogens is 1. The van der Waals surface area contributed by atoms with Gasteiger partial charge in [0.1, 0.15) is 0 Å². The zero-order valence-electron chi connectivity index (χ0n) is 12.5. The molecule has 0 aliphatic rings. The number of fused-ring (bicyclic) bond motifs is 1. The van der Waals surface area contributed by atoms with Gasteiger partial charge in [0.15, 0.2) is 0 Å². The fourth-order valence-corrected chi connectivity index (χ4v) is 2.27. The van der Waals surface area contributed by atoms with Crippen LogP contribution >= 0.6 is 15.9 Å². The first-order valence-corrected chi connectivity index (χ1v) is 7.74. The minimum Gasteiger partial charge on any atom is -0.383 e. The van der Waals surface area contributed by atoms with Gasteiger partial charge in [-0.25, -0.2) is 0 Å². The molecule has 1 aromatic carbocycles. The Morgan fingerprint density at radius 3 is 2.71 bits per heavy atom. The number of hydrogen-bond donors (Lipinski definition) is 2. The molecule has 0 aliphatic heterocycles. The van der Waals surface area contributed by atoms with Crippen LogP contribution in [0.4, 0.5) is 5.69 Å². The maximum absolute atomic E-state index is 11.8. The van der Waals surface area contributed by atoms with E-state index in [0.29, 0.717) is 13.1 Å². The van der Waals surface area contributed by atoms with Gasteiger partial charge >= 0.3 is 0 Å². The fourth-order valence-electron chi connectivity index (χ4n) is 1.91. The Balaban J connectivity index is 1.98. The van der Waals surface area contributed by atoms with Crippen LogP contribution in [0.2, 0.25) is 0 Å². The zero-order valence-corrected chi connectivity index (χ0v) is 14.1. The second-order valence-corrected chi connectivity index (χ2v) is 6.87. The molecule has 0 atom stereocenters. The van der Waals surface area contributed by atoms with E-state index in [-0.39, 0.29) is 11.3 Å². The van der Waals surface area contributed by atoms with Crippen LogP contribution in [0, 0.1) is 5.41 Å². The summed E-state index contributed by atoms with van der Waals surface area (Å²) in [5.41, 5.74) is 1.61. The summed E-state index contributed by atoms with van der Waals surface area (Å²) in [5, 5.41) is 7.34. The highest BCUT2D eigenvalue weighted by Gasteiger charge is 2.20. The maximum Gasteiger partial charge on any atom is 0.225 e. The predicted molar refractivity (Wildman–Crippen MR) is 90.4 cm³/mol. The van der Waals surface area contributed by atoms with Gasteiger partial charge in [-0.3, -0.25) is 9.78 Å². The average molecular weight is 350 g/mol. The van der Waals surface area contributed by atoms with Gasteiger partial charge in [0.2, 0.25) is 5.91 Å². The Morgan fingerprint density at radius 2 is 2.00 bits per heavy atom. The summed E-state index contributed by atoms with van der Waals surface area (Å²) in [7, 11) is 0. The molecule has 1 heterocycles. The number of carbonyl (C=O) groups excluding carboxylic acids is 1. The molecular weight excluding hydrogens is 330 g/mol. The molecule has 1 aromatic heterocycles. The summed E-state index contributed by atoms with van der Waals surface area (Å²) in [6.45, 7) is 6.98. The third-order valence-electron chi connectivity index (χ3n) is 3.11. The molecule has 0 saturated carbocycles. The normalized spacial score (nSPS) is 11.4. The number of nitrogens with zero attached hydrogens (tertiary/aromatic N) is 1. The van der Waals surface area contributed by atoms with Crippen LogP contribution in [0.1, 0.15) is 20.8 Å². The molecule has 5 heteroatoms. The lowest BCUT2D eigenvalue weighted by atomic mass is 9.96. The minimum absolute atomic E-state index is 0.0617. The third kappa shape index (κ3) is 4.17. The van der Waals surface area contributed by atoms with Crippen molar-refractivity contribution in [3.05, 3.63) is 34.9 Å². The molecule has 2 aromatic rings. The van der Waals surface area contributed by atoms with Crippen LogP contribution in [0.3, 0.4) is 0 Å². The molecule has 112 valence electrons. The first-order chi connectivity index (χ1) is 9.88. The standard InChI is InChI=1S/C16H20BrN3O/c1-16(2,3)15(21)20-9-8-19-14-6-7-18-13-5-4-11(17)10-12(13)14/h4-7,10H,8-9H2,1-3H3,(H,18,19)(H,20,21). The molecule has 0 saturated heterocycles. The van der Waals surface area contributed by atoms with Gasteiger partial charge in [-0.2, -0.15) is 0 Å². The van der Waals surface area contributed by atoms with Crippen molar-refractivity contribution in [1.82, 2.24) is 10.3 Å². The monoisotopic (exact) mass is 349 g/mol. The Kier molecular flexibility index (Phi) is 4.83. The molecule has 1 amide bonds. The van der Waals surface area contributed by atoms with E-state index in [1.807, 2.05) is 45.0 Å². The summed E-state index contributed by atoms with van der Waals surface area (Å²) < 4.78 is 1.02. The first kappa shape index (κ1) is 15.8. The Bertz CT molecular complexity index is 650. The minimum atomic E-state index is -0.353. The molecule has 21 heavy (non-hydrogen) atoms. The van der Waals surface area contributed by atoms with Gasteiger partial charge in [0, 0.05) is 40.2 Å². The Hall–Kier alpha value is -1.62. The Morgan fingerprint density at radius 1 is 1.24 bits per heavy atom. The van der Waals surface area contributed by atoms with Crippen molar-refractivity contribution < 1.29 is 4.79 Å². The first-order valence-electron chi connectivity index (χ1n) is 6.94. The average Bonchev–Trinajstić information content (AvgIpc) is 2.42. The number of rotatable bonds is 4. The highest BCUT2D eigenvalue weighted by Crippen LogP contribution is 2.24. The number of benzene rings is 1. The quantitative estimate of drug-likeness (QED) is 0.829. The number of carbonyl (C=O) groups is 1.